The molecule has 1 aliphatic heterocycles. The second-order valence-electron chi connectivity index (χ2n) is 7.87. The molecule has 1 N–H and O–H groups in total. The van der Waals surface area contributed by atoms with E-state index in [0.29, 0.717) is 28.7 Å². The van der Waals surface area contributed by atoms with Crippen LogP contribution in [0.1, 0.15) is 18.5 Å². The summed E-state index contributed by atoms with van der Waals surface area (Å²) in [6, 6.07) is 7.89. The lowest BCUT2D eigenvalue weighted by Gasteiger charge is -2.18. The Balaban J connectivity index is 2.06. The van der Waals surface area contributed by atoms with Gasteiger partial charge < -0.3 is 24.1 Å². The summed E-state index contributed by atoms with van der Waals surface area (Å²) >= 11 is 0. The maximum atomic E-state index is 11.4. The van der Waals surface area contributed by atoms with Crippen LogP contribution in [-0.2, 0) is 13.0 Å². The molecule has 1 aliphatic rings. The average Bonchev–Trinajstić information content (AvgIpc) is 2.82. The smallest absolute Gasteiger partial charge is 0.224 e. The van der Waals surface area contributed by atoms with Gasteiger partial charge in [0.05, 0.1) is 33.8 Å². The first-order chi connectivity index (χ1) is 15.1. The first-order valence-corrected chi connectivity index (χ1v) is 10.4. The lowest BCUT2D eigenvalue weighted by Crippen LogP contribution is -2.41. The maximum absolute atomic E-state index is 11.4. The van der Waals surface area contributed by atoms with Crippen LogP contribution in [0.3, 0.4) is 0 Å². The first kappa shape index (κ1) is 19.5. The Bertz CT molecular complexity index is 1300. The molecule has 3 aromatic carbocycles. The molecule has 0 radical (unpaired) electrons. The van der Waals surface area contributed by atoms with Crippen molar-refractivity contribution in [2.24, 2.45) is 0 Å². The van der Waals surface area contributed by atoms with Gasteiger partial charge in [-0.3, -0.25) is 0 Å². The number of ether oxygens (including phenoxy) is 4. The molecular weight excluding hydrogens is 394 g/mol. The van der Waals surface area contributed by atoms with Gasteiger partial charge in [-0.2, -0.15) is 4.57 Å². The average molecular weight is 420 g/mol. The normalized spacial score (nSPS) is 13.4. The van der Waals surface area contributed by atoms with Crippen molar-refractivity contribution >= 4 is 32.3 Å². The third-order valence-corrected chi connectivity index (χ3v) is 6.37. The zero-order chi connectivity index (χ0) is 21.7. The standard InChI is InChI=1S/C25H25NO5/c1-28-20-9-14-15-10-21(29-2)23(31-4)12-17(15)24-18(16(14)11-22(20)30-3)13-26-8-6-5-7-19(26)25(24)27/h9-13H,5-8H2,1-4H3/p+1. The lowest BCUT2D eigenvalue weighted by atomic mass is 9.92. The molecule has 0 saturated heterocycles. The quantitative estimate of drug-likeness (QED) is 0.389. The molecule has 0 fully saturated rings. The Morgan fingerprint density at radius 1 is 0.677 bits per heavy atom. The van der Waals surface area contributed by atoms with E-state index in [1.807, 2.05) is 24.3 Å². The summed E-state index contributed by atoms with van der Waals surface area (Å²) in [6.45, 7) is 0.900. The highest BCUT2D eigenvalue weighted by Crippen LogP contribution is 2.46. The third-order valence-electron chi connectivity index (χ3n) is 6.37. The van der Waals surface area contributed by atoms with Crippen molar-refractivity contribution < 1.29 is 28.6 Å². The van der Waals surface area contributed by atoms with Crippen LogP contribution in [0.5, 0.6) is 28.7 Å². The Kier molecular flexibility index (Phi) is 4.65. The van der Waals surface area contributed by atoms with E-state index < -0.39 is 0 Å². The van der Waals surface area contributed by atoms with Crippen LogP contribution < -0.4 is 23.5 Å². The van der Waals surface area contributed by atoms with Crippen molar-refractivity contribution in [1.29, 1.82) is 0 Å². The molecule has 1 aromatic heterocycles. The molecule has 31 heavy (non-hydrogen) atoms. The number of aromatic hydroxyl groups is 1. The molecule has 0 atom stereocenters. The van der Waals surface area contributed by atoms with Gasteiger partial charge in [0.15, 0.2) is 34.9 Å². The Morgan fingerprint density at radius 3 is 1.71 bits per heavy atom. The molecule has 4 aromatic rings. The van der Waals surface area contributed by atoms with Crippen molar-refractivity contribution in [3.63, 3.8) is 0 Å². The van der Waals surface area contributed by atoms with Gasteiger partial charge in [0.1, 0.15) is 6.54 Å². The van der Waals surface area contributed by atoms with E-state index in [1.54, 1.807) is 28.4 Å². The van der Waals surface area contributed by atoms with Crippen LogP contribution in [0.15, 0.2) is 30.5 Å². The molecule has 2 heterocycles. The van der Waals surface area contributed by atoms with Crippen LogP contribution in [0.2, 0.25) is 0 Å². The summed E-state index contributed by atoms with van der Waals surface area (Å²) in [5.41, 5.74) is 0.981. The van der Waals surface area contributed by atoms with Crippen molar-refractivity contribution in [2.75, 3.05) is 28.4 Å². The minimum absolute atomic E-state index is 0.339. The highest BCUT2D eigenvalue weighted by atomic mass is 16.5. The first-order valence-electron chi connectivity index (χ1n) is 10.4. The molecular formula is C25H26NO5+. The highest BCUT2D eigenvalue weighted by molar-refractivity contribution is 6.27. The minimum atomic E-state index is 0.339. The van der Waals surface area contributed by atoms with Crippen molar-refractivity contribution in [2.45, 2.75) is 25.8 Å². The number of hydrogen-bond acceptors (Lipinski definition) is 5. The summed E-state index contributed by atoms with van der Waals surface area (Å²) in [6.07, 6.45) is 5.21. The predicted molar refractivity (Wildman–Crippen MR) is 120 cm³/mol. The second-order valence-corrected chi connectivity index (χ2v) is 7.87. The molecule has 160 valence electrons. The summed E-state index contributed by atoms with van der Waals surface area (Å²) in [5, 5.41) is 17.1. The van der Waals surface area contributed by atoms with E-state index in [0.717, 1.165) is 63.8 Å². The third kappa shape index (κ3) is 2.81. The number of nitrogens with zero attached hydrogens (tertiary/aromatic N) is 1. The minimum Gasteiger partial charge on any atom is -0.502 e. The van der Waals surface area contributed by atoms with Crippen LogP contribution in [-0.4, -0.2) is 33.5 Å². The van der Waals surface area contributed by atoms with Gasteiger partial charge in [-0.05, 0) is 46.8 Å². The Morgan fingerprint density at radius 2 is 1.16 bits per heavy atom. The lowest BCUT2D eigenvalue weighted by molar-refractivity contribution is -0.708. The monoisotopic (exact) mass is 420 g/mol. The van der Waals surface area contributed by atoms with Crippen LogP contribution >= 0.6 is 0 Å². The summed E-state index contributed by atoms with van der Waals surface area (Å²) in [5.74, 6) is 2.91. The SMILES string of the molecule is COc1cc2c3cc(OC)c(OC)cc3c3c(O)c4[n+](cc3c2cc1OC)CCCC4. The van der Waals surface area contributed by atoms with Crippen LogP contribution in [0.25, 0.3) is 32.3 Å². The van der Waals surface area contributed by atoms with Gasteiger partial charge in [-0.15, -0.1) is 0 Å². The van der Waals surface area contributed by atoms with Gasteiger partial charge in [-0.1, -0.05) is 0 Å². The topological polar surface area (TPSA) is 61.0 Å². The number of aromatic nitrogens is 1. The summed E-state index contributed by atoms with van der Waals surface area (Å²) < 4.78 is 24.5. The fraction of sp³-hybridized carbons (Fsp3) is 0.320. The summed E-state index contributed by atoms with van der Waals surface area (Å²) in [7, 11) is 6.52. The van der Waals surface area contributed by atoms with E-state index >= 15 is 0 Å². The molecule has 5 rings (SSSR count). The van der Waals surface area contributed by atoms with E-state index in [1.165, 1.54) is 0 Å². The summed E-state index contributed by atoms with van der Waals surface area (Å²) in [4.78, 5) is 0. The van der Waals surface area contributed by atoms with E-state index in [4.69, 9.17) is 18.9 Å². The second kappa shape index (κ2) is 7.38. The fourth-order valence-electron chi connectivity index (χ4n) is 4.85. The number of fused-ring (bicyclic) bond motifs is 7. The van der Waals surface area contributed by atoms with Gasteiger partial charge in [0, 0.05) is 23.6 Å². The number of aryl methyl sites for hydroxylation is 1. The molecule has 6 heteroatoms. The Hall–Kier alpha value is -3.41. The largest absolute Gasteiger partial charge is 0.502 e. The number of methoxy groups -OCH3 is 4. The van der Waals surface area contributed by atoms with E-state index in [2.05, 4.69) is 10.8 Å². The van der Waals surface area contributed by atoms with E-state index in [9.17, 15) is 5.11 Å². The maximum Gasteiger partial charge on any atom is 0.224 e. The fourth-order valence-corrected chi connectivity index (χ4v) is 4.85. The van der Waals surface area contributed by atoms with E-state index in [-0.39, 0.29) is 0 Å². The van der Waals surface area contributed by atoms with Gasteiger partial charge in [-0.25, -0.2) is 0 Å². The van der Waals surface area contributed by atoms with Gasteiger partial charge >= 0.3 is 0 Å². The molecule has 0 amide bonds. The zero-order valence-corrected chi connectivity index (χ0v) is 18.2. The Labute approximate surface area is 180 Å². The number of benzene rings is 3. The van der Waals surface area contributed by atoms with Crippen molar-refractivity contribution in [3.05, 3.63) is 36.2 Å². The van der Waals surface area contributed by atoms with Gasteiger partial charge in [0.2, 0.25) is 5.69 Å². The molecule has 0 spiro atoms. The number of hydrogen-bond donors (Lipinski definition) is 1. The molecule has 0 saturated carbocycles. The predicted octanol–water partition coefficient (Wildman–Crippen LogP) is 4.51. The van der Waals surface area contributed by atoms with Crippen molar-refractivity contribution in [3.8, 4) is 28.7 Å². The van der Waals surface area contributed by atoms with Crippen LogP contribution in [0.4, 0.5) is 0 Å². The molecule has 0 unspecified atom stereocenters. The molecule has 0 bridgehead atoms. The molecule has 6 nitrogen and oxygen atoms in total. The highest BCUT2D eigenvalue weighted by Gasteiger charge is 2.27. The zero-order valence-electron chi connectivity index (χ0n) is 18.2. The number of pyridine rings is 1. The van der Waals surface area contributed by atoms with Gasteiger partial charge in [0.25, 0.3) is 0 Å². The van der Waals surface area contributed by atoms with Crippen LogP contribution in [0, 0.1) is 0 Å². The van der Waals surface area contributed by atoms with Crippen molar-refractivity contribution in [1.82, 2.24) is 0 Å². The number of rotatable bonds is 4. The molecule has 0 aliphatic carbocycles.